The fourth-order valence-corrected chi connectivity index (χ4v) is 1.23. The SMILES string of the molecule is C=CCN=C([S-])Nc1cccc(C(=O)[O-])c1.[Cu+].[Na+]. The summed E-state index contributed by atoms with van der Waals surface area (Å²) in [6.45, 7) is 3.93. The van der Waals surface area contributed by atoms with Gasteiger partial charge in [-0.05, 0) is 22.9 Å². The van der Waals surface area contributed by atoms with E-state index in [2.05, 4.69) is 16.9 Å². The zero-order valence-electron chi connectivity index (χ0n) is 9.77. The molecule has 0 fully saturated rings. The first-order valence-electron chi connectivity index (χ1n) is 4.54. The fourth-order valence-electron chi connectivity index (χ4n) is 1.03. The van der Waals surface area contributed by atoms with Gasteiger partial charge in [-0.1, -0.05) is 18.2 Å². The summed E-state index contributed by atoms with van der Waals surface area (Å²) in [6.07, 6.45) is 1.62. The van der Waals surface area contributed by atoms with Gasteiger partial charge in [-0.15, -0.1) is 6.58 Å². The summed E-state index contributed by atoms with van der Waals surface area (Å²) in [7, 11) is 0. The van der Waals surface area contributed by atoms with Crippen LogP contribution in [-0.4, -0.2) is 17.7 Å². The Balaban J connectivity index is 0. The minimum Gasteiger partial charge on any atom is -0.743 e. The largest absolute Gasteiger partial charge is 1.00 e. The van der Waals surface area contributed by atoms with Crippen LogP contribution in [0.1, 0.15) is 10.4 Å². The monoisotopic (exact) mass is 320 g/mol. The van der Waals surface area contributed by atoms with Gasteiger partial charge in [0.25, 0.3) is 0 Å². The standard InChI is InChI=1S/C11H12N2O2S.Cu.Na/c1-2-6-12-11(16)13-9-5-3-4-8(7-9)10(14)15;;/h2-5,7H,1,6H2,(H,14,15)(H2,12,13,16);;/q;2*+1/p-2. The van der Waals surface area contributed by atoms with Crippen LogP contribution in [0.4, 0.5) is 5.69 Å². The van der Waals surface area contributed by atoms with Crippen LogP contribution in [0.5, 0.6) is 0 Å². The molecule has 0 atom stereocenters. The second-order valence-electron chi connectivity index (χ2n) is 2.93. The maximum atomic E-state index is 10.6. The fraction of sp³-hybridized carbons (Fsp3) is 0.0909. The van der Waals surface area contributed by atoms with Gasteiger partial charge in [0.1, 0.15) is 0 Å². The number of carboxylic acid groups (broad SMARTS) is 1. The van der Waals surface area contributed by atoms with Crippen LogP contribution < -0.4 is 40.0 Å². The molecule has 0 aliphatic rings. The van der Waals surface area contributed by atoms with Gasteiger partial charge in [-0.3, -0.25) is 4.99 Å². The number of hydrogen-bond acceptors (Lipinski definition) is 4. The van der Waals surface area contributed by atoms with Crippen LogP contribution in [0.3, 0.4) is 0 Å². The van der Waals surface area contributed by atoms with Crippen LogP contribution in [0.25, 0.3) is 0 Å². The van der Waals surface area contributed by atoms with Gasteiger partial charge in [-0.2, -0.15) is 0 Å². The Morgan fingerprint density at radius 3 is 2.78 bits per heavy atom. The van der Waals surface area contributed by atoms with Gasteiger partial charge >= 0.3 is 46.6 Å². The van der Waals surface area contributed by atoms with E-state index in [9.17, 15) is 9.90 Å². The molecule has 0 aromatic heterocycles. The molecule has 0 saturated heterocycles. The van der Waals surface area contributed by atoms with Crippen molar-refractivity contribution in [2.45, 2.75) is 0 Å². The summed E-state index contributed by atoms with van der Waals surface area (Å²) < 4.78 is 0. The smallest absolute Gasteiger partial charge is 0.743 e. The molecule has 0 spiro atoms. The van der Waals surface area contributed by atoms with Crippen molar-refractivity contribution in [1.82, 2.24) is 0 Å². The molecule has 0 aliphatic heterocycles. The molecule has 94 valence electrons. The van der Waals surface area contributed by atoms with Crippen molar-refractivity contribution >= 4 is 29.5 Å². The van der Waals surface area contributed by atoms with E-state index in [-0.39, 0.29) is 57.4 Å². The number of rotatable bonds is 4. The zero-order chi connectivity index (χ0) is 12.0. The number of carbonyl (C=O) groups excluding carboxylic acids is 1. The second-order valence-corrected chi connectivity index (χ2v) is 3.31. The molecule has 18 heavy (non-hydrogen) atoms. The number of aromatic carboxylic acids is 1. The summed E-state index contributed by atoms with van der Waals surface area (Å²) in [5.41, 5.74) is 0.663. The third kappa shape index (κ3) is 7.16. The predicted octanol–water partition coefficient (Wildman–Crippen LogP) is -2.45. The molecule has 0 radical (unpaired) electrons. The number of carbonyl (C=O) groups is 1. The quantitative estimate of drug-likeness (QED) is 0.220. The molecule has 0 amide bonds. The number of hydrogen-bond donors (Lipinski definition) is 1. The number of nitrogens with zero attached hydrogens (tertiary/aromatic N) is 1. The van der Waals surface area contributed by atoms with Crippen LogP contribution in [0.15, 0.2) is 41.9 Å². The normalized spacial score (nSPS) is 9.67. The maximum absolute atomic E-state index is 10.6. The summed E-state index contributed by atoms with van der Waals surface area (Å²) in [5, 5.41) is 13.7. The van der Waals surface area contributed by atoms with Gasteiger partial charge in [0.05, 0.1) is 12.5 Å². The van der Waals surface area contributed by atoms with E-state index < -0.39 is 5.97 Å². The number of aliphatic imine (C=N–C) groups is 1. The van der Waals surface area contributed by atoms with Crippen LogP contribution in [0.2, 0.25) is 0 Å². The van der Waals surface area contributed by atoms with E-state index in [4.69, 9.17) is 12.6 Å². The Kier molecular flexibility index (Phi) is 11.7. The molecule has 7 heteroatoms. The van der Waals surface area contributed by atoms with E-state index in [0.29, 0.717) is 12.2 Å². The van der Waals surface area contributed by atoms with Gasteiger partial charge in [0, 0.05) is 5.69 Å². The molecule has 1 aromatic carbocycles. The number of benzene rings is 1. The van der Waals surface area contributed by atoms with Crippen molar-refractivity contribution in [3.8, 4) is 0 Å². The number of amidine groups is 1. The van der Waals surface area contributed by atoms with Gasteiger partial charge in [0.2, 0.25) is 0 Å². The van der Waals surface area contributed by atoms with Crippen molar-refractivity contribution in [3.05, 3.63) is 42.5 Å². The van der Waals surface area contributed by atoms with Crippen LogP contribution in [-0.2, 0) is 29.7 Å². The molecular weight excluding hydrogens is 311 g/mol. The number of anilines is 1. The Bertz CT molecular complexity index is 441. The molecule has 1 N–H and O–H groups in total. The van der Waals surface area contributed by atoms with E-state index in [1.54, 1.807) is 18.2 Å². The molecule has 4 nitrogen and oxygen atoms in total. The van der Waals surface area contributed by atoms with Gasteiger partial charge in [-0.25, -0.2) is 0 Å². The maximum Gasteiger partial charge on any atom is 1.00 e. The van der Waals surface area contributed by atoms with E-state index in [1.807, 2.05) is 0 Å². The van der Waals surface area contributed by atoms with Gasteiger partial charge in [0.15, 0.2) is 0 Å². The van der Waals surface area contributed by atoms with Crippen molar-refractivity contribution in [2.24, 2.45) is 4.99 Å². The summed E-state index contributed by atoms with van der Waals surface area (Å²) in [6, 6.07) is 6.18. The zero-order valence-corrected chi connectivity index (χ0v) is 13.5. The Labute approximate surface area is 144 Å². The summed E-state index contributed by atoms with van der Waals surface area (Å²) in [4.78, 5) is 14.6. The van der Waals surface area contributed by atoms with Crippen LogP contribution >= 0.6 is 0 Å². The topological polar surface area (TPSA) is 64.5 Å². The first-order chi connectivity index (χ1) is 7.63. The average molecular weight is 321 g/mol. The molecule has 0 aliphatic carbocycles. The van der Waals surface area contributed by atoms with Crippen LogP contribution in [0, 0.1) is 0 Å². The van der Waals surface area contributed by atoms with E-state index in [0.717, 1.165) is 0 Å². The molecule has 1 aromatic rings. The summed E-state index contributed by atoms with van der Waals surface area (Å²) in [5.74, 6) is -1.22. The average Bonchev–Trinajstić information content (AvgIpc) is 2.26. The minimum absolute atomic E-state index is 0. The van der Waals surface area contributed by atoms with E-state index >= 15 is 0 Å². The van der Waals surface area contributed by atoms with E-state index in [1.165, 1.54) is 12.1 Å². The molecule has 0 saturated carbocycles. The Morgan fingerprint density at radius 2 is 2.22 bits per heavy atom. The first kappa shape index (κ1) is 20.0. The molecule has 1 rings (SSSR count). The second kappa shape index (κ2) is 10.6. The Morgan fingerprint density at radius 1 is 1.56 bits per heavy atom. The number of carboxylic acids is 1. The van der Waals surface area contributed by atoms with Crippen molar-refractivity contribution in [1.29, 1.82) is 0 Å². The minimum atomic E-state index is -1.22. The van der Waals surface area contributed by atoms with Crippen molar-refractivity contribution < 1.29 is 56.5 Å². The first-order valence-corrected chi connectivity index (χ1v) is 4.95. The van der Waals surface area contributed by atoms with Gasteiger partial charge < -0.3 is 27.8 Å². The molecule has 0 heterocycles. The van der Waals surface area contributed by atoms with Crippen molar-refractivity contribution in [3.63, 3.8) is 0 Å². The van der Waals surface area contributed by atoms with Crippen molar-refractivity contribution in [2.75, 3.05) is 11.9 Å². The predicted molar refractivity (Wildman–Crippen MR) is 64.3 cm³/mol. The molecule has 0 unspecified atom stereocenters. The molecular formula is C11H10CuN2NaO2S. The Hall–Kier alpha value is -0.361. The third-order valence-electron chi connectivity index (χ3n) is 1.71. The summed E-state index contributed by atoms with van der Waals surface area (Å²) >= 11 is 4.92. The third-order valence-corrected chi connectivity index (χ3v) is 1.94. The molecule has 0 bridgehead atoms. The number of nitrogens with one attached hydrogen (secondary N) is 1.